The Kier molecular flexibility index (Phi) is 1.00. The molecule has 2 rings (SSSR count). The smallest absolute Gasteiger partial charge is 0.145 e. The van der Waals surface area contributed by atoms with E-state index in [2.05, 4.69) is 10.3 Å². The maximum Gasteiger partial charge on any atom is 0.145 e. The fourth-order valence-electron chi connectivity index (χ4n) is 1.13. The van der Waals surface area contributed by atoms with Gasteiger partial charge in [0.15, 0.2) is 0 Å². The highest BCUT2D eigenvalue weighted by atomic mass is 15.2. The second kappa shape index (κ2) is 1.83. The van der Waals surface area contributed by atoms with Crippen LogP contribution in [0.1, 0.15) is 0 Å². The van der Waals surface area contributed by atoms with Crippen LogP contribution < -0.4 is 10.8 Å². The predicted molar refractivity (Wildman–Crippen MR) is 36.6 cm³/mol. The van der Waals surface area contributed by atoms with E-state index in [4.69, 9.17) is 5.41 Å². The second-order valence-corrected chi connectivity index (χ2v) is 2.26. The van der Waals surface area contributed by atoms with Gasteiger partial charge in [-0.1, -0.05) is 0 Å². The Morgan fingerprint density at radius 2 is 2.50 bits per heavy atom. The molecule has 0 saturated heterocycles. The Bertz CT molecular complexity index is 301. The minimum atomic E-state index is 0.475. The number of anilines is 1. The standard InChI is InChI=1S/C6H8N4/c7-5-3-8-4-6-9-1-2-10(5)6/h3-4,7,9H,1-2H2. The molecule has 1 aliphatic rings. The minimum absolute atomic E-state index is 0.475. The minimum Gasteiger partial charge on any atom is -0.368 e. The van der Waals surface area contributed by atoms with Crippen LogP contribution in [0.5, 0.6) is 0 Å². The lowest BCUT2D eigenvalue weighted by atomic mass is 10.6. The van der Waals surface area contributed by atoms with Crippen molar-refractivity contribution in [3.8, 4) is 0 Å². The van der Waals surface area contributed by atoms with Crippen LogP contribution >= 0.6 is 0 Å². The molecule has 0 amide bonds. The number of hydrogen-bond acceptors (Lipinski definition) is 3. The Morgan fingerprint density at radius 1 is 1.60 bits per heavy atom. The largest absolute Gasteiger partial charge is 0.368 e. The third-order valence-corrected chi connectivity index (χ3v) is 1.62. The molecule has 1 aliphatic heterocycles. The van der Waals surface area contributed by atoms with Crippen molar-refractivity contribution >= 4 is 5.82 Å². The molecule has 0 aliphatic carbocycles. The summed E-state index contributed by atoms with van der Waals surface area (Å²) in [4.78, 5) is 3.89. The van der Waals surface area contributed by atoms with Gasteiger partial charge in [0.1, 0.15) is 11.3 Å². The summed E-state index contributed by atoms with van der Waals surface area (Å²) in [5, 5.41) is 10.5. The van der Waals surface area contributed by atoms with Crippen LogP contribution in [-0.2, 0) is 6.54 Å². The number of nitrogens with zero attached hydrogens (tertiary/aromatic N) is 2. The Labute approximate surface area is 58.0 Å². The highest BCUT2D eigenvalue weighted by Gasteiger charge is 2.06. The topological polar surface area (TPSA) is 53.7 Å². The molecule has 52 valence electrons. The van der Waals surface area contributed by atoms with E-state index in [1.54, 1.807) is 12.4 Å². The molecule has 4 heteroatoms. The van der Waals surface area contributed by atoms with Crippen LogP contribution in [0, 0.1) is 5.41 Å². The van der Waals surface area contributed by atoms with Gasteiger partial charge in [-0.3, -0.25) is 10.4 Å². The molecule has 0 fully saturated rings. The first-order valence-corrected chi connectivity index (χ1v) is 3.21. The van der Waals surface area contributed by atoms with E-state index in [-0.39, 0.29) is 0 Å². The van der Waals surface area contributed by atoms with Crippen molar-refractivity contribution in [2.75, 3.05) is 11.9 Å². The average Bonchev–Trinajstić information content (AvgIpc) is 2.36. The van der Waals surface area contributed by atoms with E-state index in [0.29, 0.717) is 5.49 Å². The van der Waals surface area contributed by atoms with Crippen molar-refractivity contribution in [3.63, 3.8) is 0 Å². The van der Waals surface area contributed by atoms with E-state index in [0.717, 1.165) is 18.9 Å². The summed E-state index contributed by atoms with van der Waals surface area (Å²) >= 11 is 0. The lowest BCUT2D eigenvalue weighted by Crippen LogP contribution is -2.16. The number of nitrogens with one attached hydrogen (secondary N) is 2. The summed E-state index contributed by atoms with van der Waals surface area (Å²) in [5.41, 5.74) is 0.475. The van der Waals surface area contributed by atoms with Crippen molar-refractivity contribution in [1.82, 2.24) is 9.55 Å². The molecule has 2 N–H and O–H groups in total. The van der Waals surface area contributed by atoms with Crippen LogP contribution in [0.3, 0.4) is 0 Å². The van der Waals surface area contributed by atoms with Crippen molar-refractivity contribution in [2.24, 2.45) is 0 Å². The first-order chi connectivity index (χ1) is 4.88. The van der Waals surface area contributed by atoms with Crippen molar-refractivity contribution in [3.05, 3.63) is 17.9 Å². The zero-order chi connectivity index (χ0) is 6.97. The van der Waals surface area contributed by atoms with Gasteiger partial charge in [0.05, 0.1) is 12.4 Å². The Morgan fingerprint density at radius 3 is 3.30 bits per heavy atom. The van der Waals surface area contributed by atoms with Gasteiger partial charge in [0, 0.05) is 13.1 Å². The van der Waals surface area contributed by atoms with Crippen LogP contribution in [0.25, 0.3) is 0 Å². The first-order valence-electron chi connectivity index (χ1n) is 3.21. The summed E-state index contributed by atoms with van der Waals surface area (Å²) in [7, 11) is 0. The molecule has 0 atom stereocenters. The van der Waals surface area contributed by atoms with Gasteiger partial charge in [-0.2, -0.15) is 0 Å². The van der Waals surface area contributed by atoms with E-state index in [9.17, 15) is 0 Å². The van der Waals surface area contributed by atoms with Gasteiger partial charge < -0.3 is 9.88 Å². The highest BCUT2D eigenvalue weighted by Crippen LogP contribution is 2.06. The van der Waals surface area contributed by atoms with E-state index >= 15 is 0 Å². The summed E-state index contributed by atoms with van der Waals surface area (Å²) in [6.45, 7) is 1.80. The van der Waals surface area contributed by atoms with Crippen molar-refractivity contribution in [2.45, 2.75) is 6.54 Å². The van der Waals surface area contributed by atoms with Gasteiger partial charge in [0.25, 0.3) is 0 Å². The molecular weight excluding hydrogens is 128 g/mol. The summed E-state index contributed by atoms with van der Waals surface area (Å²) in [6.07, 6.45) is 3.29. The van der Waals surface area contributed by atoms with Gasteiger partial charge in [0.2, 0.25) is 0 Å². The summed E-state index contributed by atoms with van der Waals surface area (Å²) in [6, 6.07) is 0. The van der Waals surface area contributed by atoms with Gasteiger partial charge >= 0.3 is 0 Å². The molecule has 10 heavy (non-hydrogen) atoms. The van der Waals surface area contributed by atoms with Crippen LogP contribution in [0.2, 0.25) is 0 Å². The van der Waals surface area contributed by atoms with E-state index < -0.39 is 0 Å². The number of aromatic nitrogens is 2. The third kappa shape index (κ3) is 0.618. The molecule has 0 radical (unpaired) electrons. The van der Waals surface area contributed by atoms with Crippen LogP contribution in [0.15, 0.2) is 12.4 Å². The lowest BCUT2D eigenvalue weighted by Gasteiger charge is -1.99. The molecular formula is C6H8N4. The quantitative estimate of drug-likeness (QED) is 0.518. The van der Waals surface area contributed by atoms with E-state index in [1.807, 2.05) is 4.57 Å². The third-order valence-electron chi connectivity index (χ3n) is 1.62. The fraction of sp³-hybridized carbons (Fsp3) is 0.333. The zero-order valence-corrected chi connectivity index (χ0v) is 5.46. The second-order valence-electron chi connectivity index (χ2n) is 2.26. The van der Waals surface area contributed by atoms with Gasteiger partial charge in [-0.15, -0.1) is 0 Å². The molecule has 0 saturated carbocycles. The maximum absolute atomic E-state index is 7.41. The number of fused-ring (bicyclic) bond motifs is 1. The zero-order valence-electron chi connectivity index (χ0n) is 5.46. The molecule has 0 unspecified atom stereocenters. The van der Waals surface area contributed by atoms with Crippen molar-refractivity contribution < 1.29 is 0 Å². The van der Waals surface area contributed by atoms with Gasteiger partial charge in [-0.25, -0.2) is 0 Å². The average molecular weight is 136 g/mol. The number of hydrogen-bond donors (Lipinski definition) is 2. The molecule has 1 aromatic heterocycles. The Hall–Kier alpha value is -1.32. The molecule has 0 aromatic carbocycles. The molecule has 1 aromatic rings. The molecule has 0 spiro atoms. The first kappa shape index (κ1) is 5.46. The lowest BCUT2D eigenvalue weighted by molar-refractivity contribution is 0.736. The van der Waals surface area contributed by atoms with Crippen molar-refractivity contribution in [1.29, 1.82) is 5.41 Å². The van der Waals surface area contributed by atoms with Crippen LogP contribution in [-0.4, -0.2) is 16.1 Å². The molecule has 2 heterocycles. The summed E-state index contributed by atoms with van der Waals surface area (Å²) in [5.74, 6) is 0.951. The van der Waals surface area contributed by atoms with Gasteiger partial charge in [-0.05, 0) is 0 Å². The maximum atomic E-state index is 7.41. The monoisotopic (exact) mass is 136 g/mol. The molecule has 4 nitrogen and oxygen atoms in total. The number of rotatable bonds is 0. The Balaban J connectivity index is 2.70. The molecule has 0 bridgehead atoms. The normalized spacial score (nSPS) is 14.4. The van der Waals surface area contributed by atoms with E-state index in [1.165, 1.54) is 0 Å². The SMILES string of the molecule is N=c1cncc2n1CCN2. The summed E-state index contributed by atoms with van der Waals surface area (Å²) < 4.78 is 1.90. The highest BCUT2D eigenvalue weighted by molar-refractivity contribution is 5.34. The fourth-order valence-corrected chi connectivity index (χ4v) is 1.13. The predicted octanol–water partition coefficient (Wildman–Crippen LogP) is -0.212. The van der Waals surface area contributed by atoms with Crippen LogP contribution in [0.4, 0.5) is 5.82 Å².